The smallest absolute Gasteiger partial charge is 0.257 e. The lowest BCUT2D eigenvalue weighted by Gasteiger charge is -2.35. The number of ether oxygens (including phenoxy) is 1. The van der Waals surface area contributed by atoms with Gasteiger partial charge < -0.3 is 19.5 Å². The molecular formula is C32H35N7O2. The number of pyridine rings is 1. The van der Waals surface area contributed by atoms with E-state index in [-0.39, 0.29) is 18.1 Å². The van der Waals surface area contributed by atoms with Gasteiger partial charge in [0.25, 0.3) is 5.91 Å². The number of carbonyl (C=O) groups excluding carboxylic acids is 1. The lowest BCUT2D eigenvalue weighted by atomic mass is 9.82. The van der Waals surface area contributed by atoms with Gasteiger partial charge in [-0.25, -0.2) is 9.97 Å². The largest absolute Gasteiger partial charge is 0.379 e. The van der Waals surface area contributed by atoms with E-state index in [4.69, 9.17) is 14.7 Å². The Labute approximate surface area is 239 Å². The lowest BCUT2D eigenvalue weighted by Crippen LogP contribution is -2.51. The molecule has 1 amide bonds. The van der Waals surface area contributed by atoms with Gasteiger partial charge in [0.1, 0.15) is 17.0 Å². The number of benzene rings is 1. The number of anilines is 1. The highest BCUT2D eigenvalue weighted by Crippen LogP contribution is 2.41. The number of hydrogen-bond donors (Lipinski definition) is 1. The standard InChI is InChI=1S/C32H35N7O2/c1-20-14-22(15-20)38-19-25(23-10-7-13-33-30(23)38)27-16-29(37(2)18-21-8-5-4-6-9-21)39-31(35-27)24(17-34-39)32(40)36-26-11-12-28(26)41-3/h4-10,13,16-17,19-20,22,26,28H,11-12,14-15,18H2,1-3H3,(H,36,40)/t20?,22?,26?,28-/m1/s1. The Balaban J connectivity index is 1.35. The fourth-order valence-corrected chi connectivity index (χ4v) is 6.27. The van der Waals surface area contributed by atoms with Gasteiger partial charge in [-0.2, -0.15) is 9.61 Å². The third kappa shape index (κ3) is 4.54. The molecule has 4 aromatic heterocycles. The van der Waals surface area contributed by atoms with E-state index in [0.29, 0.717) is 23.8 Å². The molecule has 4 heterocycles. The second-order valence-corrected chi connectivity index (χ2v) is 11.6. The first-order valence-corrected chi connectivity index (χ1v) is 14.4. The molecule has 1 unspecified atom stereocenters. The molecule has 0 radical (unpaired) electrons. The second-order valence-electron chi connectivity index (χ2n) is 11.6. The molecule has 0 aliphatic heterocycles. The number of hydrogen-bond acceptors (Lipinski definition) is 6. The molecule has 2 atom stereocenters. The predicted octanol–water partition coefficient (Wildman–Crippen LogP) is 5.26. The van der Waals surface area contributed by atoms with E-state index in [2.05, 4.69) is 57.3 Å². The zero-order valence-corrected chi connectivity index (χ0v) is 23.7. The van der Waals surface area contributed by atoms with Gasteiger partial charge in [-0.05, 0) is 49.3 Å². The normalized spacial score (nSPS) is 21.9. The lowest BCUT2D eigenvalue weighted by molar-refractivity contribution is 0.00732. The van der Waals surface area contributed by atoms with Crippen molar-refractivity contribution < 1.29 is 9.53 Å². The van der Waals surface area contributed by atoms with E-state index in [1.807, 2.05) is 37.5 Å². The zero-order chi connectivity index (χ0) is 28.1. The summed E-state index contributed by atoms with van der Waals surface area (Å²) in [6.45, 7) is 2.98. The summed E-state index contributed by atoms with van der Waals surface area (Å²) >= 11 is 0. The van der Waals surface area contributed by atoms with Crippen LogP contribution in [-0.2, 0) is 11.3 Å². The summed E-state index contributed by atoms with van der Waals surface area (Å²) in [7, 11) is 3.74. The van der Waals surface area contributed by atoms with Gasteiger partial charge in [0.2, 0.25) is 0 Å². The Hall–Kier alpha value is -4.24. The average molecular weight is 550 g/mol. The van der Waals surface area contributed by atoms with Crippen molar-refractivity contribution in [3.63, 3.8) is 0 Å². The molecule has 9 heteroatoms. The number of rotatable bonds is 8. The molecule has 41 heavy (non-hydrogen) atoms. The van der Waals surface area contributed by atoms with Gasteiger partial charge in [-0.1, -0.05) is 37.3 Å². The van der Waals surface area contributed by atoms with Crippen molar-refractivity contribution in [2.24, 2.45) is 5.92 Å². The highest BCUT2D eigenvalue weighted by atomic mass is 16.5. The topological polar surface area (TPSA) is 89.6 Å². The molecule has 210 valence electrons. The summed E-state index contributed by atoms with van der Waals surface area (Å²) in [5, 5.41) is 8.86. The van der Waals surface area contributed by atoms with Crippen molar-refractivity contribution >= 4 is 28.4 Å². The van der Waals surface area contributed by atoms with Crippen molar-refractivity contribution in [1.82, 2.24) is 29.5 Å². The Morgan fingerprint density at radius 1 is 1.12 bits per heavy atom. The van der Waals surface area contributed by atoms with Crippen LogP contribution < -0.4 is 10.2 Å². The first kappa shape index (κ1) is 25.7. The highest BCUT2D eigenvalue weighted by Gasteiger charge is 2.33. The van der Waals surface area contributed by atoms with Gasteiger partial charge >= 0.3 is 0 Å². The maximum atomic E-state index is 13.5. The molecule has 2 saturated carbocycles. The van der Waals surface area contributed by atoms with Crippen LogP contribution in [0.4, 0.5) is 5.82 Å². The molecule has 1 aromatic carbocycles. The van der Waals surface area contributed by atoms with Crippen LogP contribution in [0, 0.1) is 5.92 Å². The molecule has 0 bridgehead atoms. The van der Waals surface area contributed by atoms with Crippen LogP contribution in [-0.4, -0.2) is 56.4 Å². The summed E-state index contributed by atoms with van der Waals surface area (Å²) in [6.07, 6.45) is 9.87. The maximum absolute atomic E-state index is 13.5. The van der Waals surface area contributed by atoms with Crippen molar-refractivity contribution in [3.05, 3.63) is 78.2 Å². The third-order valence-corrected chi connectivity index (χ3v) is 8.79. The van der Waals surface area contributed by atoms with Crippen molar-refractivity contribution in [2.75, 3.05) is 19.1 Å². The number of aromatic nitrogens is 5. The average Bonchev–Trinajstić information content (AvgIpc) is 3.56. The Bertz CT molecular complexity index is 1720. The number of methoxy groups -OCH3 is 1. The molecule has 9 nitrogen and oxygen atoms in total. The van der Waals surface area contributed by atoms with E-state index in [9.17, 15) is 4.79 Å². The summed E-state index contributed by atoms with van der Waals surface area (Å²) < 4.78 is 9.60. The predicted molar refractivity (Wildman–Crippen MR) is 159 cm³/mol. The minimum Gasteiger partial charge on any atom is -0.379 e. The summed E-state index contributed by atoms with van der Waals surface area (Å²) in [4.78, 5) is 25.5. The summed E-state index contributed by atoms with van der Waals surface area (Å²) in [5.41, 5.74) is 4.95. The van der Waals surface area contributed by atoms with Crippen LogP contribution in [0.2, 0.25) is 0 Å². The minimum absolute atomic E-state index is 0.000208. The Morgan fingerprint density at radius 2 is 1.95 bits per heavy atom. The maximum Gasteiger partial charge on any atom is 0.257 e. The van der Waals surface area contributed by atoms with Gasteiger partial charge in [-0.15, -0.1) is 0 Å². The van der Waals surface area contributed by atoms with Gasteiger partial charge in [-0.3, -0.25) is 4.79 Å². The monoisotopic (exact) mass is 549 g/mol. The van der Waals surface area contributed by atoms with Crippen LogP contribution in [0.3, 0.4) is 0 Å². The summed E-state index contributed by atoms with van der Waals surface area (Å²) in [5.74, 6) is 1.40. The van der Waals surface area contributed by atoms with E-state index >= 15 is 0 Å². The van der Waals surface area contributed by atoms with Crippen LogP contribution in [0.1, 0.15) is 54.6 Å². The minimum atomic E-state index is -0.180. The summed E-state index contributed by atoms with van der Waals surface area (Å²) in [6, 6.07) is 16.9. The third-order valence-electron chi connectivity index (χ3n) is 8.79. The van der Waals surface area contributed by atoms with Gasteiger partial charge in [0.05, 0.1) is 24.0 Å². The molecule has 2 aliphatic rings. The van der Waals surface area contributed by atoms with E-state index < -0.39 is 0 Å². The molecule has 0 spiro atoms. The fraction of sp³-hybridized carbons (Fsp3) is 0.375. The van der Waals surface area contributed by atoms with E-state index in [0.717, 1.165) is 59.7 Å². The molecular weight excluding hydrogens is 514 g/mol. The zero-order valence-electron chi connectivity index (χ0n) is 23.7. The Kier molecular flexibility index (Phi) is 6.46. The fourth-order valence-electron chi connectivity index (χ4n) is 6.27. The van der Waals surface area contributed by atoms with Crippen molar-refractivity contribution in [1.29, 1.82) is 0 Å². The highest BCUT2D eigenvalue weighted by molar-refractivity contribution is 6.01. The first-order chi connectivity index (χ1) is 20.0. The van der Waals surface area contributed by atoms with Crippen LogP contribution >= 0.6 is 0 Å². The van der Waals surface area contributed by atoms with Crippen molar-refractivity contribution in [3.8, 4) is 11.3 Å². The Morgan fingerprint density at radius 3 is 2.68 bits per heavy atom. The molecule has 2 aliphatic carbocycles. The van der Waals surface area contributed by atoms with Gasteiger partial charge in [0.15, 0.2) is 5.65 Å². The van der Waals surface area contributed by atoms with Crippen LogP contribution in [0.5, 0.6) is 0 Å². The number of carbonyl (C=O) groups is 1. The molecule has 5 aromatic rings. The van der Waals surface area contributed by atoms with Crippen molar-refractivity contribution in [2.45, 2.75) is 57.3 Å². The molecule has 2 fully saturated rings. The SMILES string of the molecule is CO[C@@H]1CCC1NC(=O)c1cnn2c(N(C)Cc3ccccc3)cc(-c3cn(C4CC(C)C4)c4ncccc34)nc12. The van der Waals surface area contributed by atoms with Crippen LogP contribution in [0.25, 0.3) is 27.9 Å². The number of nitrogens with one attached hydrogen (secondary N) is 1. The number of fused-ring (bicyclic) bond motifs is 2. The van der Waals surface area contributed by atoms with Gasteiger partial charge in [0, 0.05) is 56.2 Å². The van der Waals surface area contributed by atoms with Crippen LogP contribution in [0.15, 0.2) is 67.1 Å². The molecule has 0 saturated heterocycles. The first-order valence-electron chi connectivity index (χ1n) is 14.4. The second kappa shape index (κ2) is 10.3. The van der Waals surface area contributed by atoms with E-state index in [1.165, 1.54) is 5.56 Å². The number of amides is 1. The quantitative estimate of drug-likeness (QED) is 0.284. The number of nitrogens with zero attached hydrogens (tertiary/aromatic N) is 6. The molecule has 7 rings (SSSR count). The molecule has 1 N–H and O–H groups in total. The van der Waals surface area contributed by atoms with E-state index in [1.54, 1.807) is 17.8 Å².